The third kappa shape index (κ3) is 4.96. The Morgan fingerprint density at radius 2 is 2.05 bits per heavy atom. The third-order valence-electron chi connectivity index (χ3n) is 7.98. The average molecular weight is 590 g/mol. The summed E-state index contributed by atoms with van der Waals surface area (Å²) in [7, 11) is 0. The first kappa shape index (κ1) is 28.5. The molecule has 3 aliphatic heterocycles. The molecule has 0 aromatic heterocycles. The minimum Gasteiger partial charge on any atom is -0.465 e. The van der Waals surface area contributed by atoms with Gasteiger partial charge in [0.15, 0.2) is 0 Å². The molecule has 3 saturated heterocycles. The first-order valence-corrected chi connectivity index (χ1v) is 14.2. The minimum atomic E-state index is -1.20. The average Bonchev–Trinajstić information content (AvgIpc) is 3.51. The fourth-order valence-corrected chi connectivity index (χ4v) is 7.23. The zero-order valence-electron chi connectivity index (χ0n) is 21.8. The highest BCUT2D eigenvalue weighted by molar-refractivity contribution is 9.09. The summed E-state index contributed by atoms with van der Waals surface area (Å²) in [5.74, 6) is -2.79. The number of carbonyl (C=O) groups excluding carboxylic acids is 3. The first-order valence-electron chi connectivity index (χ1n) is 13.3. The van der Waals surface area contributed by atoms with Crippen molar-refractivity contribution in [2.45, 2.75) is 67.8 Å². The highest BCUT2D eigenvalue weighted by Crippen LogP contribution is 2.60. The van der Waals surface area contributed by atoms with Gasteiger partial charge in [0, 0.05) is 17.9 Å². The number of benzene rings is 1. The highest BCUT2D eigenvalue weighted by atomic mass is 79.9. The summed E-state index contributed by atoms with van der Waals surface area (Å²) in [6, 6.07) is 8.05. The number of allylic oxidation sites excluding steroid dienone is 1. The van der Waals surface area contributed by atoms with E-state index >= 15 is 0 Å². The lowest BCUT2D eigenvalue weighted by atomic mass is 9.70. The van der Waals surface area contributed by atoms with Gasteiger partial charge >= 0.3 is 5.97 Å². The van der Waals surface area contributed by atoms with Crippen LogP contribution >= 0.6 is 15.9 Å². The lowest BCUT2D eigenvalue weighted by molar-refractivity contribution is -0.156. The molecule has 1 aromatic rings. The van der Waals surface area contributed by atoms with Crippen molar-refractivity contribution in [1.29, 1.82) is 0 Å². The molecule has 0 radical (unpaired) electrons. The van der Waals surface area contributed by atoms with Crippen LogP contribution in [0.1, 0.15) is 38.2 Å². The van der Waals surface area contributed by atoms with Crippen LogP contribution in [0.2, 0.25) is 0 Å². The maximum Gasteiger partial charge on any atom is 0.312 e. The Bertz CT molecular complexity index is 1050. The number of carbonyl (C=O) groups is 3. The van der Waals surface area contributed by atoms with Crippen LogP contribution in [0.4, 0.5) is 0 Å². The second kappa shape index (κ2) is 12.1. The van der Waals surface area contributed by atoms with Crippen molar-refractivity contribution < 1.29 is 29.0 Å². The van der Waals surface area contributed by atoms with E-state index in [1.54, 1.807) is 17.1 Å². The third-order valence-corrected chi connectivity index (χ3v) is 8.83. The predicted molar refractivity (Wildman–Crippen MR) is 146 cm³/mol. The summed E-state index contributed by atoms with van der Waals surface area (Å²) in [6.45, 7) is 9.92. The number of aliphatic hydroxyl groups is 1. The molecule has 1 N–H and O–H groups in total. The van der Waals surface area contributed by atoms with E-state index in [0.717, 1.165) is 5.56 Å². The Kier molecular flexibility index (Phi) is 9.11. The van der Waals surface area contributed by atoms with E-state index in [1.807, 2.05) is 37.3 Å². The quantitative estimate of drug-likeness (QED) is 0.164. The number of halogens is 1. The minimum absolute atomic E-state index is 0.219. The topological polar surface area (TPSA) is 96.4 Å². The van der Waals surface area contributed by atoms with Gasteiger partial charge in [0.1, 0.15) is 11.6 Å². The fourth-order valence-electron chi connectivity index (χ4n) is 6.28. The molecular formula is C29H37BrN2O6. The molecule has 3 fully saturated rings. The molecule has 3 unspecified atom stereocenters. The lowest BCUT2D eigenvalue weighted by Crippen LogP contribution is -2.58. The molecule has 38 heavy (non-hydrogen) atoms. The lowest BCUT2D eigenvalue weighted by Gasteiger charge is -2.39. The van der Waals surface area contributed by atoms with Gasteiger partial charge in [-0.05, 0) is 31.2 Å². The van der Waals surface area contributed by atoms with Crippen LogP contribution in [-0.2, 0) is 30.4 Å². The van der Waals surface area contributed by atoms with E-state index in [4.69, 9.17) is 9.47 Å². The smallest absolute Gasteiger partial charge is 0.312 e. The predicted octanol–water partition coefficient (Wildman–Crippen LogP) is 3.23. The molecule has 3 aliphatic rings. The molecule has 1 spiro atoms. The van der Waals surface area contributed by atoms with E-state index in [2.05, 4.69) is 29.1 Å². The number of hydrogen-bond donors (Lipinski definition) is 1. The first-order chi connectivity index (χ1) is 18.3. The Morgan fingerprint density at radius 1 is 1.32 bits per heavy atom. The molecule has 3 heterocycles. The number of hydrogen-bond acceptors (Lipinski definition) is 6. The van der Waals surface area contributed by atoms with Crippen molar-refractivity contribution >= 4 is 33.7 Å². The maximum absolute atomic E-state index is 14.4. The van der Waals surface area contributed by atoms with E-state index in [-0.39, 0.29) is 36.4 Å². The number of amides is 2. The monoisotopic (exact) mass is 588 g/mol. The molecule has 8 nitrogen and oxygen atoms in total. The van der Waals surface area contributed by atoms with Crippen molar-refractivity contribution in [1.82, 2.24) is 9.80 Å². The second-order valence-electron chi connectivity index (χ2n) is 10.2. The molecule has 0 aliphatic carbocycles. The van der Waals surface area contributed by atoms with Crippen LogP contribution in [0.25, 0.3) is 0 Å². The van der Waals surface area contributed by atoms with E-state index in [0.29, 0.717) is 32.2 Å². The van der Waals surface area contributed by atoms with E-state index in [9.17, 15) is 19.5 Å². The summed E-state index contributed by atoms with van der Waals surface area (Å²) in [5.41, 5.74) is -0.256. The Balaban J connectivity index is 1.71. The maximum atomic E-state index is 14.4. The molecule has 1 aromatic carbocycles. The number of alkyl halides is 1. The Morgan fingerprint density at radius 3 is 2.68 bits per heavy atom. The molecule has 206 valence electrons. The van der Waals surface area contributed by atoms with Crippen LogP contribution in [0.3, 0.4) is 0 Å². The summed E-state index contributed by atoms with van der Waals surface area (Å²) in [6.07, 6.45) is 5.04. The van der Waals surface area contributed by atoms with Gasteiger partial charge < -0.3 is 24.4 Å². The van der Waals surface area contributed by atoms with Crippen LogP contribution in [0.5, 0.6) is 0 Å². The number of unbranched alkanes of at least 4 members (excludes halogenated alkanes) is 1. The highest BCUT2D eigenvalue weighted by Gasteiger charge is 2.77. The number of likely N-dealkylation sites (tertiary alicyclic amines) is 1. The number of rotatable bonds is 13. The number of nitrogens with zero attached hydrogens (tertiary/aromatic N) is 2. The molecule has 0 saturated carbocycles. The second-order valence-corrected chi connectivity index (χ2v) is 11.4. The van der Waals surface area contributed by atoms with Crippen molar-refractivity contribution in [2.75, 3.05) is 19.8 Å². The van der Waals surface area contributed by atoms with Gasteiger partial charge in [-0.2, -0.15) is 0 Å². The van der Waals surface area contributed by atoms with Gasteiger partial charge in [-0.25, -0.2) is 0 Å². The van der Waals surface area contributed by atoms with Crippen LogP contribution in [0, 0.1) is 11.8 Å². The van der Waals surface area contributed by atoms with Gasteiger partial charge in [-0.15, -0.1) is 13.2 Å². The normalized spacial score (nSPS) is 30.1. The fraction of sp³-hybridized carbons (Fsp3) is 0.552. The molecule has 2 bridgehead atoms. The SMILES string of the molecule is C=CCCCOC(=O)[C@H]1[C@H]2C(=O)N([C@@H](CC)CO)C(C(=O)N(CC=C)Cc3ccccc3)C23CC(Br)[C@@H]1O3. The van der Waals surface area contributed by atoms with Gasteiger partial charge in [0.05, 0.1) is 37.2 Å². The Labute approximate surface area is 232 Å². The number of fused-ring (bicyclic) bond motifs is 1. The zero-order chi connectivity index (χ0) is 27.4. The van der Waals surface area contributed by atoms with Gasteiger partial charge in [0.25, 0.3) is 0 Å². The van der Waals surface area contributed by atoms with Crippen LogP contribution < -0.4 is 0 Å². The van der Waals surface area contributed by atoms with Crippen LogP contribution in [-0.4, -0.2) is 81.1 Å². The summed E-state index contributed by atoms with van der Waals surface area (Å²) in [4.78, 5) is 44.7. The van der Waals surface area contributed by atoms with E-state index < -0.39 is 41.6 Å². The summed E-state index contributed by atoms with van der Waals surface area (Å²) in [5, 5.41) is 10.2. The molecular weight excluding hydrogens is 552 g/mol. The number of ether oxygens (including phenoxy) is 2. The zero-order valence-corrected chi connectivity index (χ0v) is 23.4. The van der Waals surface area contributed by atoms with Crippen molar-refractivity contribution in [2.24, 2.45) is 11.8 Å². The summed E-state index contributed by atoms with van der Waals surface area (Å²) < 4.78 is 12.1. The van der Waals surface area contributed by atoms with Crippen molar-refractivity contribution in [3.8, 4) is 0 Å². The molecule has 4 rings (SSSR count). The molecule has 9 heteroatoms. The van der Waals surface area contributed by atoms with Gasteiger partial charge in [0.2, 0.25) is 11.8 Å². The van der Waals surface area contributed by atoms with Gasteiger partial charge in [-0.3, -0.25) is 14.4 Å². The van der Waals surface area contributed by atoms with Crippen molar-refractivity contribution in [3.63, 3.8) is 0 Å². The van der Waals surface area contributed by atoms with E-state index in [1.165, 1.54) is 4.90 Å². The molecule has 7 atom stereocenters. The largest absolute Gasteiger partial charge is 0.465 e. The number of aliphatic hydroxyl groups excluding tert-OH is 1. The van der Waals surface area contributed by atoms with Crippen LogP contribution in [0.15, 0.2) is 55.6 Å². The number of esters is 1. The van der Waals surface area contributed by atoms with Gasteiger partial charge in [-0.1, -0.05) is 65.3 Å². The standard InChI is InChI=1S/C29H37BrN2O6/c1-4-7-11-15-37-28(36)22-23-26(34)32(20(6-3)18-33)25(29(23)16-21(30)24(22)38-29)27(35)31(14-5-2)17-19-12-9-8-10-13-19/h4-5,8-10,12-13,20-25,33H,1-2,6-7,11,14-18H2,3H3/t20-,21?,22-,23-,24-,25?,29?/m0/s1. The van der Waals surface area contributed by atoms with Crippen molar-refractivity contribution in [3.05, 3.63) is 61.2 Å². The Hall–Kier alpha value is -2.49. The molecule has 2 amide bonds. The summed E-state index contributed by atoms with van der Waals surface area (Å²) >= 11 is 3.67.